The van der Waals surface area contributed by atoms with E-state index >= 15 is 0 Å². The lowest BCUT2D eigenvalue weighted by Gasteiger charge is -2.33. The van der Waals surface area contributed by atoms with Crippen molar-refractivity contribution in [1.82, 2.24) is 5.32 Å². The highest BCUT2D eigenvalue weighted by molar-refractivity contribution is 5.42. The number of methoxy groups -OCH3 is 1. The molecule has 118 valence electrons. The maximum Gasteiger partial charge on any atom is 0.161 e. The molecular weight excluding hydrogens is 266 g/mol. The third-order valence-corrected chi connectivity index (χ3v) is 4.11. The van der Waals surface area contributed by atoms with Crippen molar-refractivity contribution in [2.45, 2.75) is 33.2 Å². The highest BCUT2D eigenvalue weighted by atomic mass is 16.5. The number of hydrogen-bond donors (Lipinski definition) is 1. The van der Waals surface area contributed by atoms with Crippen LogP contribution in [0.2, 0.25) is 0 Å². The average Bonchev–Trinajstić information content (AvgIpc) is 2.49. The van der Waals surface area contributed by atoms with Gasteiger partial charge in [0.15, 0.2) is 11.5 Å². The van der Waals surface area contributed by atoms with Crippen LogP contribution in [0.1, 0.15) is 32.3 Å². The van der Waals surface area contributed by atoms with Crippen LogP contribution in [0.15, 0.2) is 18.2 Å². The summed E-state index contributed by atoms with van der Waals surface area (Å²) < 4.78 is 16.4. The maximum absolute atomic E-state index is 5.54. The van der Waals surface area contributed by atoms with Crippen molar-refractivity contribution >= 4 is 0 Å². The van der Waals surface area contributed by atoms with Gasteiger partial charge in [0.25, 0.3) is 0 Å². The SMILES string of the molecule is CCOc1ccc(CNCC2(C)CCOCC2)cc1OC. The molecule has 0 spiro atoms. The van der Waals surface area contributed by atoms with Crippen LogP contribution in [-0.2, 0) is 11.3 Å². The van der Waals surface area contributed by atoms with Gasteiger partial charge in [0.05, 0.1) is 13.7 Å². The fraction of sp³-hybridized carbons (Fsp3) is 0.647. The number of hydrogen-bond acceptors (Lipinski definition) is 4. The Hall–Kier alpha value is -1.26. The summed E-state index contributed by atoms with van der Waals surface area (Å²) in [6.07, 6.45) is 2.26. The van der Waals surface area contributed by atoms with Crippen molar-refractivity contribution in [1.29, 1.82) is 0 Å². The number of rotatable bonds is 7. The van der Waals surface area contributed by atoms with E-state index in [2.05, 4.69) is 18.3 Å². The Kier molecular flexibility index (Phi) is 5.88. The fourth-order valence-corrected chi connectivity index (χ4v) is 2.65. The molecule has 1 saturated heterocycles. The number of ether oxygens (including phenoxy) is 3. The van der Waals surface area contributed by atoms with E-state index in [1.807, 2.05) is 19.1 Å². The Balaban J connectivity index is 1.88. The Morgan fingerprint density at radius 3 is 2.67 bits per heavy atom. The molecular formula is C17H27NO3. The van der Waals surface area contributed by atoms with E-state index in [1.165, 1.54) is 5.56 Å². The van der Waals surface area contributed by atoms with Crippen LogP contribution in [-0.4, -0.2) is 33.5 Å². The van der Waals surface area contributed by atoms with Crippen LogP contribution < -0.4 is 14.8 Å². The zero-order chi connectivity index (χ0) is 15.1. The molecule has 0 saturated carbocycles. The number of benzene rings is 1. The molecule has 0 amide bonds. The zero-order valence-electron chi connectivity index (χ0n) is 13.4. The quantitative estimate of drug-likeness (QED) is 0.839. The molecule has 1 fully saturated rings. The van der Waals surface area contributed by atoms with Crippen molar-refractivity contribution in [2.24, 2.45) is 5.41 Å². The van der Waals surface area contributed by atoms with Gasteiger partial charge in [0.2, 0.25) is 0 Å². The van der Waals surface area contributed by atoms with E-state index in [-0.39, 0.29) is 0 Å². The molecule has 0 atom stereocenters. The first-order valence-corrected chi connectivity index (χ1v) is 7.75. The van der Waals surface area contributed by atoms with Crippen molar-refractivity contribution in [3.05, 3.63) is 23.8 Å². The normalized spacial score (nSPS) is 17.5. The van der Waals surface area contributed by atoms with Gasteiger partial charge in [-0.05, 0) is 42.9 Å². The Labute approximate surface area is 127 Å². The van der Waals surface area contributed by atoms with Gasteiger partial charge in [0.1, 0.15) is 0 Å². The number of nitrogens with one attached hydrogen (secondary N) is 1. The van der Waals surface area contributed by atoms with Crippen LogP contribution in [0.25, 0.3) is 0 Å². The van der Waals surface area contributed by atoms with E-state index in [4.69, 9.17) is 14.2 Å². The zero-order valence-corrected chi connectivity index (χ0v) is 13.4. The second-order valence-corrected chi connectivity index (χ2v) is 5.94. The third kappa shape index (κ3) is 4.61. The first-order chi connectivity index (χ1) is 10.2. The predicted molar refractivity (Wildman–Crippen MR) is 84.0 cm³/mol. The van der Waals surface area contributed by atoms with Crippen LogP contribution >= 0.6 is 0 Å². The summed E-state index contributed by atoms with van der Waals surface area (Å²) in [4.78, 5) is 0. The molecule has 1 aliphatic heterocycles. The van der Waals surface area contributed by atoms with Crippen molar-refractivity contribution in [3.63, 3.8) is 0 Å². The molecule has 0 radical (unpaired) electrons. The third-order valence-electron chi connectivity index (χ3n) is 4.11. The van der Waals surface area contributed by atoms with Gasteiger partial charge in [-0.2, -0.15) is 0 Å². The van der Waals surface area contributed by atoms with Gasteiger partial charge in [-0.3, -0.25) is 0 Å². The molecule has 2 rings (SSSR count). The lowest BCUT2D eigenvalue weighted by Crippen LogP contribution is -2.36. The molecule has 0 unspecified atom stereocenters. The average molecular weight is 293 g/mol. The highest BCUT2D eigenvalue weighted by Gasteiger charge is 2.26. The van der Waals surface area contributed by atoms with Crippen LogP contribution in [0.3, 0.4) is 0 Å². The topological polar surface area (TPSA) is 39.7 Å². The van der Waals surface area contributed by atoms with Gasteiger partial charge in [-0.15, -0.1) is 0 Å². The summed E-state index contributed by atoms with van der Waals surface area (Å²) in [5.74, 6) is 1.61. The van der Waals surface area contributed by atoms with Gasteiger partial charge < -0.3 is 19.5 Å². The molecule has 1 N–H and O–H groups in total. The van der Waals surface area contributed by atoms with Gasteiger partial charge in [-0.1, -0.05) is 13.0 Å². The Bertz CT molecular complexity index is 442. The molecule has 0 bridgehead atoms. The van der Waals surface area contributed by atoms with E-state index < -0.39 is 0 Å². The summed E-state index contributed by atoms with van der Waals surface area (Å²) in [5, 5.41) is 3.56. The van der Waals surface area contributed by atoms with Crippen molar-refractivity contribution in [3.8, 4) is 11.5 Å². The first-order valence-electron chi connectivity index (χ1n) is 7.75. The maximum atomic E-state index is 5.54. The largest absolute Gasteiger partial charge is 0.493 e. The van der Waals surface area contributed by atoms with Crippen LogP contribution in [0.5, 0.6) is 11.5 Å². The summed E-state index contributed by atoms with van der Waals surface area (Å²) in [5.41, 5.74) is 1.57. The molecule has 4 heteroatoms. The predicted octanol–water partition coefficient (Wildman–Crippen LogP) is 3.00. The molecule has 1 aromatic carbocycles. The summed E-state index contributed by atoms with van der Waals surface area (Å²) in [7, 11) is 1.68. The lowest BCUT2D eigenvalue weighted by molar-refractivity contribution is 0.0240. The minimum Gasteiger partial charge on any atom is -0.493 e. The van der Waals surface area contributed by atoms with Crippen LogP contribution in [0, 0.1) is 5.41 Å². The van der Waals surface area contributed by atoms with Gasteiger partial charge in [0, 0.05) is 26.3 Å². The fourth-order valence-electron chi connectivity index (χ4n) is 2.65. The summed E-state index contributed by atoms with van der Waals surface area (Å²) >= 11 is 0. The minimum absolute atomic E-state index is 0.355. The summed E-state index contributed by atoms with van der Waals surface area (Å²) in [6, 6.07) is 6.12. The first kappa shape index (κ1) is 16.1. The molecule has 4 nitrogen and oxygen atoms in total. The molecule has 0 aliphatic carbocycles. The standard InChI is InChI=1S/C17H27NO3/c1-4-21-15-6-5-14(11-16(15)19-3)12-18-13-17(2)7-9-20-10-8-17/h5-6,11,18H,4,7-10,12-13H2,1-3H3. The van der Waals surface area contributed by atoms with E-state index in [9.17, 15) is 0 Å². The molecule has 0 aromatic heterocycles. The van der Waals surface area contributed by atoms with Crippen LogP contribution in [0.4, 0.5) is 0 Å². The van der Waals surface area contributed by atoms with Crippen molar-refractivity contribution in [2.75, 3.05) is 33.5 Å². The van der Waals surface area contributed by atoms with Gasteiger partial charge in [-0.25, -0.2) is 0 Å². The molecule has 1 heterocycles. The van der Waals surface area contributed by atoms with Crippen molar-refractivity contribution < 1.29 is 14.2 Å². The Morgan fingerprint density at radius 2 is 2.00 bits per heavy atom. The molecule has 21 heavy (non-hydrogen) atoms. The Morgan fingerprint density at radius 1 is 1.24 bits per heavy atom. The van der Waals surface area contributed by atoms with Gasteiger partial charge >= 0.3 is 0 Å². The molecule has 1 aromatic rings. The second kappa shape index (κ2) is 7.66. The monoisotopic (exact) mass is 293 g/mol. The second-order valence-electron chi connectivity index (χ2n) is 5.94. The summed E-state index contributed by atoms with van der Waals surface area (Å²) in [6.45, 7) is 8.59. The minimum atomic E-state index is 0.355. The smallest absolute Gasteiger partial charge is 0.161 e. The van der Waals surface area contributed by atoms with E-state index in [1.54, 1.807) is 7.11 Å². The lowest BCUT2D eigenvalue weighted by atomic mass is 9.82. The molecule has 1 aliphatic rings. The van der Waals surface area contributed by atoms with E-state index in [0.717, 1.165) is 50.6 Å². The highest BCUT2D eigenvalue weighted by Crippen LogP contribution is 2.30. The van der Waals surface area contributed by atoms with E-state index in [0.29, 0.717) is 12.0 Å².